The molecule has 0 radical (unpaired) electrons. The highest BCUT2D eigenvalue weighted by molar-refractivity contribution is 5.76. The van der Waals surface area contributed by atoms with Crippen molar-refractivity contribution in [1.29, 1.82) is 5.26 Å². The lowest BCUT2D eigenvalue weighted by Crippen LogP contribution is -2.31. The minimum atomic E-state index is 0.302. The van der Waals surface area contributed by atoms with E-state index in [1.807, 2.05) is 4.90 Å². The Bertz CT molecular complexity index is 244. The van der Waals surface area contributed by atoms with E-state index in [-0.39, 0.29) is 0 Å². The van der Waals surface area contributed by atoms with Crippen molar-refractivity contribution < 1.29 is 4.79 Å². The van der Waals surface area contributed by atoms with E-state index in [0.29, 0.717) is 24.7 Å². The summed E-state index contributed by atoms with van der Waals surface area (Å²) in [5, 5.41) is 8.40. The first kappa shape index (κ1) is 12.0. The molecule has 15 heavy (non-hydrogen) atoms. The van der Waals surface area contributed by atoms with E-state index in [4.69, 9.17) is 5.26 Å². The fourth-order valence-electron chi connectivity index (χ4n) is 1.92. The number of likely N-dealkylation sites (tertiary alicyclic amines) is 1. The predicted molar refractivity (Wildman–Crippen MR) is 59.1 cm³/mol. The summed E-state index contributed by atoms with van der Waals surface area (Å²) in [6.07, 6.45) is 5.36. The van der Waals surface area contributed by atoms with Crippen LogP contribution >= 0.6 is 0 Å². The van der Waals surface area contributed by atoms with Gasteiger partial charge in [0.05, 0.1) is 6.07 Å². The molecular weight excluding hydrogens is 188 g/mol. The molecule has 1 atom stereocenters. The van der Waals surface area contributed by atoms with Crippen LogP contribution in [-0.2, 0) is 4.79 Å². The molecule has 1 saturated heterocycles. The Morgan fingerprint density at radius 2 is 2.27 bits per heavy atom. The molecule has 84 valence electrons. The summed E-state index contributed by atoms with van der Waals surface area (Å²) in [4.78, 5) is 13.7. The standard InChI is InChI=1S/C12H20N2O/c1-11-5-6-12(15)14(10-7-11)9-4-2-3-8-13/h11H,2-7,9-10H2,1H3. The van der Waals surface area contributed by atoms with E-state index in [2.05, 4.69) is 13.0 Å². The summed E-state index contributed by atoms with van der Waals surface area (Å²) in [6, 6.07) is 2.13. The zero-order chi connectivity index (χ0) is 11.1. The van der Waals surface area contributed by atoms with Crippen molar-refractivity contribution in [2.75, 3.05) is 13.1 Å². The van der Waals surface area contributed by atoms with Gasteiger partial charge in [-0.2, -0.15) is 5.26 Å². The van der Waals surface area contributed by atoms with Crippen LogP contribution in [0.15, 0.2) is 0 Å². The number of rotatable bonds is 4. The van der Waals surface area contributed by atoms with E-state index in [1.165, 1.54) is 0 Å². The highest BCUT2D eigenvalue weighted by atomic mass is 16.2. The lowest BCUT2D eigenvalue weighted by atomic mass is 10.0. The normalized spacial score (nSPS) is 22.3. The summed E-state index contributed by atoms with van der Waals surface area (Å²) in [5.41, 5.74) is 0. The molecule has 1 heterocycles. The van der Waals surface area contributed by atoms with Gasteiger partial charge in [0.1, 0.15) is 0 Å². The Hall–Kier alpha value is -1.04. The van der Waals surface area contributed by atoms with Crippen LogP contribution in [0.2, 0.25) is 0 Å². The van der Waals surface area contributed by atoms with Crippen LogP contribution in [0.3, 0.4) is 0 Å². The molecule has 0 aromatic rings. The minimum absolute atomic E-state index is 0.302. The summed E-state index contributed by atoms with van der Waals surface area (Å²) < 4.78 is 0. The molecule has 1 fully saturated rings. The van der Waals surface area contributed by atoms with Gasteiger partial charge in [0, 0.05) is 25.9 Å². The number of amides is 1. The SMILES string of the molecule is CC1CCC(=O)N(CCCCC#N)CC1. The molecule has 1 unspecified atom stereocenters. The molecule has 0 aliphatic carbocycles. The molecule has 0 aromatic heterocycles. The third-order valence-electron chi connectivity index (χ3n) is 3.06. The molecule has 3 nitrogen and oxygen atoms in total. The third-order valence-corrected chi connectivity index (χ3v) is 3.06. The Morgan fingerprint density at radius 1 is 1.47 bits per heavy atom. The molecule has 1 aliphatic rings. The van der Waals surface area contributed by atoms with E-state index in [0.717, 1.165) is 38.8 Å². The van der Waals surface area contributed by atoms with Crippen LogP contribution in [0, 0.1) is 17.2 Å². The lowest BCUT2D eigenvalue weighted by molar-refractivity contribution is -0.130. The van der Waals surface area contributed by atoms with E-state index >= 15 is 0 Å². The van der Waals surface area contributed by atoms with Crippen LogP contribution in [0.5, 0.6) is 0 Å². The Labute approximate surface area is 92.1 Å². The van der Waals surface area contributed by atoms with Gasteiger partial charge in [-0.25, -0.2) is 0 Å². The Morgan fingerprint density at radius 3 is 3.00 bits per heavy atom. The van der Waals surface area contributed by atoms with Crippen molar-refractivity contribution in [3.8, 4) is 6.07 Å². The second-order valence-corrected chi connectivity index (χ2v) is 4.43. The maximum atomic E-state index is 11.7. The van der Waals surface area contributed by atoms with Gasteiger partial charge in [0.2, 0.25) is 5.91 Å². The van der Waals surface area contributed by atoms with Crippen LogP contribution in [0.4, 0.5) is 0 Å². The quantitative estimate of drug-likeness (QED) is 0.665. The van der Waals surface area contributed by atoms with Gasteiger partial charge in [-0.3, -0.25) is 4.79 Å². The fraction of sp³-hybridized carbons (Fsp3) is 0.833. The van der Waals surface area contributed by atoms with Crippen molar-refractivity contribution in [3.63, 3.8) is 0 Å². The van der Waals surface area contributed by atoms with Gasteiger partial charge < -0.3 is 4.90 Å². The highest BCUT2D eigenvalue weighted by Gasteiger charge is 2.19. The molecule has 0 spiro atoms. The average molecular weight is 208 g/mol. The zero-order valence-corrected chi connectivity index (χ0v) is 9.54. The second kappa shape index (κ2) is 6.44. The first-order valence-electron chi connectivity index (χ1n) is 5.88. The topological polar surface area (TPSA) is 44.1 Å². The Balaban J connectivity index is 2.27. The first-order chi connectivity index (χ1) is 7.24. The average Bonchev–Trinajstić information content (AvgIpc) is 2.38. The summed E-state index contributed by atoms with van der Waals surface area (Å²) in [7, 11) is 0. The summed E-state index contributed by atoms with van der Waals surface area (Å²) in [6.45, 7) is 3.96. The maximum absolute atomic E-state index is 11.7. The lowest BCUT2D eigenvalue weighted by Gasteiger charge is -2.20. The van der Waals surface area contributed by atoms with Gasteiger partial charge in [-0.05, 0) is 31.6 Å². The minimum Gasteiger partial charge on any atom is -0.343 e. The zero-order valence-electron chi connectivity index (χ0n) is 9.54. The summed E-state index contributed by atoms with van der Waals surface area (Å²) >= 11 is 0. The van der Waals surface area contributed by atoms with Crippen LogP contribution in [0.25, 0.3) is 0 Å². The van der Waals surface area contributed by atoms with Gasteiger partial charge in [0.25, 0.3) is 0 Å². The largest absolute Gasteiger partial charge is 0.343 e. The number of hydrogen-bond acceptors (Lipinski definition) is 2. The number of unbranched alkanes of at least 4 members (excludes halogenated alkanes) is 2. The molecular formula is C12H20N2O. The fourth-order valence-corrected chi connectivity index (χ4v) is 1.92. The van der Waals surface area contributed by atoms with Gasteiger partial charge in [-0.1, -0.05) is 6.92 Å². The van der Waals surface area contributed by atoms with Gasteiger partial charge >= 0.3 is 0 Å². The molecule has 1 amide bonds. The predicted octanol–water partition coefficient (Wildman–Crippen LogP) is 2.33. The number of carbonyl (C=O) groups is 1. The van der Waals surface area contributed by atoms with E-state index in [9.17, 15) is 4.79 Å². The van der Waals surface area contributed by atoms with Crippen LogP contribution < -0.4 is 0 Å². The second-order valence-electron chi connectivity index (χ2n) is 4.43. The van der Waals surface area contributed by atoms with E-state index < -0.39 is 0 Å². The molecule has 0 saturated carbocycles. The number of hydrogen-bond donors (Lipinski definition) is 0. The highest BCUT2D eigenvalue weighted by Crippen LogP contribution is 2.17. The number of nitrogens with zero attached hydrogens (tertiary/aromatic N) is 2. The number of carbonyl (C=O) groups excluding carboxylic acids is 1. The van der Waals surface area contributed by atoms with Crippen molar-refractivity contribution in [2.24, 2.45) is 5.92 Å². The van der Waals surface area contributed by atoms with Crippen LogP contribution in [0.1, 0.15) is 45.4 Å². The summed E-state index contributed by atoms with van der Waals surface area (Å²) in [5.74, 6) is 0.981. The van der Waals surface area contributed by atoms with Crippen molar-refractivity contribution in [2.45, 2.75) is 45.4 Å². The van der Waals surface area contributed by atoms with Crippen molar-refractivity contribution in [1.82, 2.24) is 4.90 Å². The van der Waals surface area contributed by atoms with Gasteiger partial charge in [0.15, 0.2) is 0 Å². The molecule has 0 N–H and O–H groups in total. The van der Waals surface area contributed by atoms with Crippen molar-refractivity contribution in [3.05, 3.63) is 0 Å². The van der Waals surface area contributed by atoms with E-state index in [1.54, 1.807) is 0 Å². The number of nitriles is 1. The Kier molecular flexibility index (Phi) is 5.17. The molecule has 3 heteroatoms. The molecule has 0 aromatic carbocycles. The molecule has 1 aliphatic heterocycles. The maximum Gasteiger partial charge on any atom is 0.222 e. The third kappa shape index (κ3) is 4.33. The van der Waals surface area contributed by atoms with Crippen LogP contribution in [-0.4, -0.2) is 23.9 Å². The monoisotopic (exact) mass is 208 g/mol. The molecule has 0 bridgehead atoms. The molecule has 1 rings (SSSR count). The van der Waals surface area contributed by atoms with Gasteiger partial charge in [-0.15, -0.1) is 0 Å². The first-order valence-corrected chi connectivity index (χ1v) is 5.88. The van der Waals surface area contributed by atoms with Crippen molar-refractivity contribution >= 4 is 5.91 Å². The smallest absolute Gasteiger partial charge is 0.222 e.